The number of carbonyl (C=O) groups is 1. The summed E-state index contributed by atoms with van der Waals surface area (Å²) in [6.07, 6.45) is 2.80. The number of anilines is 2. The fourth-order valence-electron chi connectivity index (χ4n) is 5.11. The predicted molar refractivity (Wildman–Crippen MR) is 130 cm³/mol. The molecule has 5 rings (SSSR count). The van der Waals surface area contributed by atoms with E-state index >= 15 is 0 Å². The van der Waals surface area contributed by atoms with Crippen LogP contribution >= 0.6 is 0 Å². The Labute approximate surface area is 205 Å². The SMILES string of the molecule is Cc1cc(C(C)Nc2ccccc2C(=O)O)c2nc(N3CCC4(CC4)C(F)(F)C3)c(C#N)c(=O)n2c1. The van der Waals surface area contributed by atoms with E-state index in [2.05, 4.69) is 10.3 Å². The molecular formula is C26H25F2N5O3. The number of benzene rings is 1. The first-order valence-corrected chi connectivity index (χ1v) is 11.8. The second-order valence-corrected chi connectivity index (χ2v) is 9.77. The number of aromatic nitrogens is 2. The van der Waals surface area contributed by atoms with Gasteiger partial charge in [-0.25, -0.2) is 18.6 Å². The molecule has 1 saturated heterocycles. The van der Waals surface area contributed by atoms with Gasteiger partial charge in [-0.1, -0.05) is 12.1 Å². The molecule has 2 N–H and O–H groups in total. The summed E-state index contributed by atoms with van der Waals surface area (Å²) in [4.78, 5) is 30.9. The van der Waals surface area contributed by atoms with Crippen molar-refractivity contribution in [2.24, 2.45) is 5.41 Å². The average Bonchev–Trinajstić information content (AvgIpc) is 3.62. The molecule has 1 aliphatic heterocycles. The van der Waals surface area contributed by atoms with E-state index in [1.807, 2.05) is 12.1 Å². The molecule has 3 aromatic rings. The molecule has 2 aromatic heterocycles. The largest absolute Gasteiger partial charge is 0.478 e. The summed E-state index contributed by atoms with van der Waals surface area (Å²) in [5, 5.41) is 22.5. The van der Waals surface area contributed by atoms with Crippen molar-refractivity contribution in [2.75, 3.05) is 23.3 Å². The summed E-state index contributed by atoms with van der Waals surface area (Å²) in [6, 6.07) is 9.65. The van der Waals surface area contributed by atoms with Gasteiger partial charge in [-0.15, -0.1) is 0 Å². The van der Waals surface area contributed by atoms with Crippen molar-refractivity contribution < 1.29 is 18.7 Å². The number of hydrogen-bond donors (Lipinski definition) is 2. The summed E-state index contributed by atoms with van der Waals surface area (Å²) in [5.41, 5.74) is 0.114. The minimum absolute atomic E-state index is 0.0408. The molecule has 1 aliphatic carbocycles. The number of aryl methyl sites for hydroxylation is 1. The Morgan fingerprint density at radius 1 is 1.28 bits per heavy atom. The first-order chi connectivity index (χ1) is 17.1. The van der Waals surface area contributed by atoms with Crippen LogP contribution in [0.25, 0.3) is 5.65 Å². The lowest BCUT2D eigenvalue weighted by Gasteiger charge is -2.39. The summed E-state index contributed by atoms with van der Waals surface area (Å²) in [5.74, 6) is -4.06. The minimum Gasteiger partial charge on any atom is -0.478 e. The van der Waals surface area contributed by atoms with E-state index in [-0.39, 0.29) is 35.6 Å². The Bertz CT molecular complexity index is 1490. The van der Waals surface area contributed by atoms with Crippen molar-refractivity contribution >= 4 is 23.1 Å². The zero-order valence-corrected chi connectivity index (χ0v) is 19.9. The number of nitrogens with one attached hydrogen (secondary N) is 1. The van der Waals surface area contributed by atoms with E-state index in [0.717, 1.165) is 5.56 Å². The molecule has 0 amide bonds. The Balaban J connectivity index is 1.62. The highest BCUT2D eigenvalue weighted by Gasteiger charge is 2.64. The van der Waals surface area contributed by atoms with Gasteiger partial charge in [0.05, 0.1) is 18.2 Å². The molecule has 1 spiro atoms. The molecule has 8 nitrogen and oxygen atoms in total. The van der Waals surface area contributed by atoms with Gasteiger partial charge in [0.15, 0.2) is 11.4 Å². The van der Waals surface area contributed by atoms with Crippen molar-refractivity contribution in [2.45, 2.75) is 45.1 Å². The highest BCUT2D eigenvalue weighted by molar-refractivity contribution is 5.94. The van der Waals surface area contributed by atoms with Crippen molar-refractivity contribution in [3.8, 4) is 6.07 Å². The number of pyridine rings is 1. The minimum atomic E-state index is -2.93. The number of halogens is 2. The highest BCUT2D eigenvalue weighted by atomic mass is 19.3. The number of alkyl halides is 2. The molecule has 0 bridgehead atoms. The third-order valence-corrected chi connectivity index (χ3v) is 7.36. The number of aromatic carboxylic acids is 1. The van der Waals surface area contributed by atoms with Crippen LogP contribution in [-0.2, 0) is 0 Å². The number of piperidine rings is 1. The fraction of sp³-hybridized carbons (Fsp3) is 0.385. The lowest BCUT2D eigenvalue weighted by molar-refractivity contribution is -0.0795. The molecule has 0 radical (unpaired) electrons. The number of fused-ring (bicyclic) bond motifs is 1. The molecule has 36 heavy (non-hydrogen) atoms. The van der Waals surface area contributed by atoms with Crippen LogP contribution in [0.15, 0.2) is 41.3 Å². The van der Waals surface area contributed by atoms with Gasteiger partial charge in [0.25, 0.3) is 11.5 Å². The smallest absolute Gasteiger partial charge is 0.337 e. The number of nitrogens with zero attached hydrogens (tertiary/aromatic N) is 4. The van der Waals surface area contributed by atoms with Crippen molar-refractivity contribution in [1.29, 1.82) is 5.26 Å². The maximum absolute atomic E-state index is 14.9. The first kappa shape index (κ1) is 23.7. The molecule has 10 heteroatoms. The molecule has 1 unspecified atom stereocenters. The Hall–Kier alpha value is -4.00. The number of hydrogen-bond acceptors (Lipinski definition) is 6. The van der Waals surface area contributed by atoms with E-state index in [4.69, 9.17) is 0 Å². The predicted octanol–water partition coefficient (Wildman–Crippen LogP) is 4.37. The third-order valence-electron chi connectivity index (χ3n) is 7.36. The van der Waals surface area contributed by atoms with Gasteiger partial charge in [0.1, 0.15) is 11.7 Å². The van der Waals surface area contributed by atoms with Gasteiger partial charge in [-0.05, 0) is 56.9 Å². The van der Waals surface area contributed by atoms with Crippen molar-refractivity contribution in [3.05, 3.63) is 69.1 Å². The molecule has 1 saturated carbocycles. The topological polar surface area (TPSA) is 111 Å². The lowest BCUT2D eigenvalue weighted by Crippen LogP contribution is -2.50. The maximum Gasteiger partial charge on any atom is 0.337 e. The van der Waals surface area contributed by atoms with Crippen LogP contribution < -0.4 is 15.8 Å². The molecule has 3 heterocycles. The fourth-order valence-corrected chi connectivity index (χ4v) is 5.11. The molecule has 2 fully saturated rings. The van der Waals surface area contributed by atoms with Crippen LogP contribution in [0.5, 0.6) is 0 Å². The average molecular weight is 494 g/mol. The zero-order chi connectivity index (χ0) is 25.8. The number of nitriles is 1. The number of carboxylic acids is 1. The number of rotatable bonds is 5. The Morgan fingerprint density at radius 3 is 2.64 bits per heavy atom. The van der Waals surface area contributed by atoms with Crippen LogP contribution in [0.1, 0.15) is 59.3 Å². The normalized spacial score (nSPS) is 18.6. The number of para-hydroxylation sites is 1. The highest BCUT2D eigenvalue weighted by Crippen LogP contribution is 2.61. The van der Waals surface area contributed by atoms with Gasteiger partial charge < -0.3 is 15.3 Å². The van der Waals surface area contributed by atoms with Gasteiger partial charge in [0, 0.05) is 29.4 Å². The van der Waals surface area contributed by atoms with E-state index in [0.29, 0.717) is 24.1 Å². The summed E-state index contributed by atoms with van der Waals surface area (Å²) < 4.78 is 31.1. The molecule has 186 valence electrons. The van der Waals surface area contributed by atoms with Crippen molar-refractivity contribution in [3.63, 3.8) is 0 Å². The van der Waals surface area contributed by atoms with E-state index < -0.39 is 35.5 Å². The quantitative estimate of drug-likeness (QED) is 0.543. The van der Waals surface area contributed by atoms with Gasteiger partial charge in [0.2, 0.25) is 0 Å². The van der Waals surface area contributed by atoms with Gasteiger partial charge >= 0.3 is 5.97 Å². The lowest BCUT2D eigenvalue weighted by atomic mass is 9.89. The Morgan fingerprint density at radius 2 is 2.00 bits per heavy atom. The van der Waals surface area contributed by atoms with Crippen LogP contribution in [0.4, 0.5) is 20.3 Å². The van der Waals surface area contributed by atoms with Crippen LogP contribution in [0.3, 0.4) is 0 Å². The first-order valence-electron chi connectivity index (χ1n) is 11.8. The van der Waals surface area contributed by atoms with E-state index in [1.54, 1.807) is 38.2 Å². The van der Waals surface area contributed by atoms with Crippen LogP contribution in [-0.4, -0.2) is 39.5 Å². The maximum atomic E-state index is 14.9. The number of carboxylic acid groups (broad SMARTS) is 1. The summed E-state index contributed by atoms with van der Waals surface area (Å²) in [6.45, 7) is 3.27. The Kier molecular flexibility index (Phi) is 5.47. The van der Waals surface area contributed by atoms with Gasteiger partial charge in [-0.3, -0.25) is 9.20 Å². The zero-order valence-electron chi connectivity index (χ0n) is 19.9. The molecule has 1 atom stereocenters. The van der Waals surface area contributed by atoms with Crippen LogP contribution in [0, 0.1) is 23.7 Å². The third kappa shape index (κ3) is 3.75. The van der Waals surface area contributed by atoms with E-state index in [9.17, 15) is 28.7 Å². The standard InChI is InChI=1S/C26H25F2N5O3/c1-15-11-18(16(2)30-20-6-4-3-5-17(20)24(35)36)22-31-21(19(12-29)23(34)33(22)13-15)32-10-9-25(7-8-25)26(27,28)14-32/h3-6,11,13,16,30H,7-10,14H2,1-2H3,(H,35,36). The van der Waals surface area contributed by atoms with Crippen LogP contribution in [0.2, 0.25) is 0 Å². The summed E-state index contributed by atoms with van der Waals surface area (Å²) >= 11 is 0. The summed E-state index contributed by atoms with van der Waals surface area (Å²) in [7, 11) is 0. The molecule has 2 aliphatic rings. The van der Waals surface area contributed by atoms with Crippen molar-refractivity contribution in [1.82, 2.24) is 9.38 Å². The van der Waals surface area contributed by atoms with E-state index in [1.165, 1.54) is 15.4 Å². The monoisotopic (exact) mass is 493 g/mol. The van der Waals surface area contributed by atoms with Gasteiger partial charge in [-0.2, -0.15) is 5.26 Å². The second-order valence-electron chi connectivity index (χ2n) is 9.77. The molecular weight excluding hydrogens is 468 g/mol. The molecule has 1 aromatic carbocycles. The second kappa shape index (κ2) is 8.29.